The third-order valence-corrected chi connectivity index (χ3v) is 4.37. The average Bonchev–Trinajstić information content (AvgIpc) is 2.97. The molecule has 0 saturated carbocycles. The SMILES string of the molecule is COC(=O)C1=C(C)N(c2ccccc2)/C(=C\c2ccc(OCC(N)=O)cc2)C1=O. The number of nitrogens with zero attached hydrogens (tertiary/aromatic N) is 1. The maximum atomic E-state index is 13.0. The summed E-state index contributed by atoms with van der Waals surface area (Å²) < 4.78 is 10.0. The number of para-hydroxylation sites is 1. The van der Waals surface area contributed by atoms with Crippen molar-refractivity contribution in [2.75, 3.05) is 18.6 Å². The summed E-state index contributed by atoms with van der Waals surface area (Å²) in [6.45, 7) is 1.49. The predicted molar refractivity (Wildman–Crippen MR) is 108 cm³/mol. The number of ether oxygens (including phenoxy) is 2. The van der Waals surface area contributed by atoms with Crippen molar-refractivity contribution in [2.45, 2.75) is 6.92 Å². The number of Topliss-reactive ketones (excluding diaryl/α,β-unsaturated/α-hetero) is 1. The zero-order valence-corrected chi connectivity index (χ0v) is 16.0. The van der Waals surface area contributed by atoms with Gasteiger partial charge in [0.15, 0.2) is 6.61 Å². The molecule has 0 aliphatic carbocycles. The summed E-state index contributed by atoms with van der Waals surface area (Å²) in [6, 6.07) is 16.1. The number of allylic oxidation sites excluding steroid dienone is 2. The first-order valence-electron chi connectivity index (χ1n) is 8.84. The number of benzene rings is 2. The van der Waals surface area contributed by atoms with E-state index in [-0.39, 0.29) is 12.2 Å². The summed E-state index contributed by atoms with van der Waals surface area (Å²) in [4.78, 5) is 37.7. The van der Waals surface area contributed by atoms with Crippen LogP contribution in [0.15, 0.2) is 71.6 Å². The number of rotatable bonds is 6. The fourth-order valence-electron chi connectivity index (χ4n) is 3.04. The van der Waals surface area contributed by atoms with Crippen molar-refractivity contribution in [1.29, 1.82) is 0 Å². The smallest absolute Gasteiger partial charge is 0.343 e. The van der Waals surface area contributed by atoms with Gasteiger partial charge in [-0.25, -0.2) is 4.79 Å². The Labute approximate surface area is 168 Å². The van der Waals surface area contributed by atoms with Crippen LogP contribution in [-0.2, 0) is 19.1 Å². The first-order chi connectivity index (χ1) is 13.9. The molecule has 2 aromatic carbocycles. The van der Waals surface area contributed by atoms with Gasteiger partial charge in [-0.2, -0.15) is 0 Å². The van der Waals surface area contributed by atoms with E-state index in [0.29, 0.717) is 17.1 Å². The predicted octanol–water partition coefficient (Wildman–Crippen LogP) is 2.43. The van der Waals surface area contributed by atoms with Crippen molar-refractivity contribution < 1.29 is 23.9 Å². The van der Waals surface area contributed by atoms with Crippen LogP contribution in [0.1, 0.15) is 12.5 Å². The zero-order chi connectivity index (χ0) is 21.0. The van der Waals surface area contributed by atoms with Crippen LogP contribution in [0.2, 0.25) is 0 Å². The molecule has 3 rings (SSSR count). The van der Waals surface area contributed by atoms with Gasteiger partial charge in [-0.05, 0) is 42.8 Å². The fraction of sp³-hybridized carbons (Fsp3) is 0.136. The molecular weight excluding hydrogens is 372 g/mol. The number of esters is 1. The summed E-state index contributed by atoms with van der Waals surface area (Å²) in [6.07, 6.45) is 1.69. The first-order valence-corrected chi connectivity index (χ1v) is 8.84. The Morgan fingerprint density at radius 1 is 1.07 bits per heavy atom. The summed E-state index contributed by atoms with van der Waals surface area (Å²) >= 11 is 0. The average molecular weight is 392 g/mol. The molecule has 148 valence electrons. The number of nitrogens with two attached hydrogens (primary N) is 1. The summed E-state index contributed by atoms with van der Waals surface area (Å²) in [5, 5.41) is 0. The van der Waals surface area contributed by atoms with Crippen molar-refractivity contribution in [2.24, 2.45) is 5.73 Å². The minimum Gasteiger partial charge on any atom is -0.484 e. The molecule has 2 N–H and O–H groups in total. The van der Waals surface area contributed by atoms with E-state index in [9.17, 15) is 14.4 Å². The normalized spacial score (nSPS) is 15.0. The second-order valence-corrected chi connectivity index (χ2v) is 6.31. The molecule has 0 bridgehead atoms. The lowest BCUT2D eigenvalue weighted by Crippen LogP contribution is -2.20. The van der Waals surface area contributed by atoms with Crippen LogP contribution in [0, 0.1) is 0 Å². The molecule has 0 radical (unpaired) electrons. The van der Waals surface area contributed by atoms with Crippen LogP contribution in [0.4, 0.5) is 5.69 Å². The van der Waals surface area contributed by atoms with E-state index in [1.165, 1.54) is 7.11 Å². The second kappa shape index (κ2) is 8.43. The number of carbonyl (C=O) groups is 3. The molecule has 7 nitrogen and oxygen atoms in total. The van der Waals surface area contributed by atoms with Crippen LogP contribution >= 0.6 is 0 Å². The van der Waals surface area contributed by atoms with Gasteiger partial charge in [-0.1, -0.05) is 30.3 Å². The monoisotopic (exact) mass is 392 g/mol. The van der Waals surface area contributed by atoms with E-state index in [2.05, 4.69) is 0 Å². The van der Waals surface area contributed by atoms with Gasteiger partial charge in [0.2, 0.25) is 5.78 Å². The Hall–Kier alpha value is -3.87. The molecule has 0 saturated heterocycles. The van der Waals surface area contributed by atoms with Gasteiger partial charge < -0.3 is 20.1 Å². The summed E-state index contributed by atoms with van der Waals surface area (Å²) in [7, 11) is 1.25. The standard InChI is InChI=1S/C22H20N2O5/c1-14-20(22(27)28-2)21(26)18(24(14)16-6-4-3-5-7-16)12-15-8-10-17(11-9-15)29-13-19(23)25/h3-12H,13H2,1-2H3,(H2,23,25)/b18-12-. The molecule has 1 aliphatic heterocycles. The van der Waals surface area contributed by atoms with Crippen LogP contribution in [0.3, 0.4) is 0 Å². The highest BCUT2D eigenvalue weighted by Gasteiger charge is 2.38. The third kappa shape index (κ3) is 4.19. The molecule has 1 aliphatic rings. The van der Waals surface area contributed by atoms with Crippen LogP contribution in [0.5, 0.6) is 5.75 Å². The van der Waals surface area contributed by atoms with E-state index >= 15 is 0 Å². The minimum atomic E-state index is -0.674. The number of ketones is 1. The summed E-state index contributed by atoms with van der Waals surface area (Å²) in [5.74, 6) is -1.17. The molecule has 2 aromatic rings. The molecular formula is C22H20N2O5. The van der Waals surface area contributed by atoms with E-state index in [4.69, 9.17) is 15.2 Å². The second-order valence-electron chi connectivity index (χ2n) is 6.31. The molecule has 1 amide bonds. The highest BCUT2D eigenvalue weighted by atomic mass is 16.5. The van der Waals surface area contributed by atoms with Gasteiger partial charge in [0.25, 0.3) is 5.91 Å². The molecule has 7 heteroatoms. The van der Waals surface area contributed by atoms with Gasteiger partial charge in [-0.3, -0.25) is 9.59 Å². The van der Waals surface area contributed by atoms with E-state index in [0.717, 1.165) is 11.3 Å². The Morgan fingerprint density at radius 2 is 1.72 bits per heavy atom. The van der Waals surface area contributed by atoms with Crippen molar-refractivity contribution in [3.05, 3.63) is 77.1 Å². The van der Waals surface area contributed by atoms with Gasteiger partial charge in [-0.15, -0.1) is 0 Å². The Balaban J connectivity index is 1.98. The fourth-order valence-corrected chi connectivity index (χ4v) is 3.04. The number of anilines is 1. The minimum absolute atomic E-state index is 0.00372. The lowest BCUT2D eigenvalue weighted by atomic mass is 10.1. The number of amides is 1. The number of methoxy groups -OCH3 is 1. The zero-order valence-electron chi connectivity index (χ0n) is 16.0. The Bertz CT molecular complexity index is 1010. The highest BCUT2D eigenvalue weighted by molar-refractivity contribution is 6.30. The highest BCUT2D eigenvalue weighted by Crippen LogP contribution is 2.35. The topological polar surface area (TPSA) is 98.9 Å². The van der Waals surface area contributed by atoms with Crippen LogP contribution in [-0.4, -0.2) is 31.4 Å². The lowest BCUT2D eigenvalue weighted by Gasteiger charge is -2.21. The molecule has 0 unspecified atom stereocenters. The van der Waals surface area contributed by atoms with Gasteiger partial charge >= 0.3 is 5.97 Å². The van der Waals surface area contributed by atoms with Gasteiger partial charge in [0, 0.05) is 11.4 Å². The lowest BCUT2D eigenvalue weighted by molar-refractivity contribution is -0.137. The largest absolute Gasteiger partial charge is 0.484 e. The van der Waals surface area contributed by atoms with E-state index in [1.807, 2.05) is 30.3 Å². The maximum Gasteiger partial charge on any atom is 0.343 e. The number of hydrogen-bond acceptors (Lipinski definition) is 6. The molecule has 0 aromatic heterocycles. The van der Waals surface area contributed by atoms with Crippen molar-refractivity contribution in [3.63, 3.8) is 0 Å². The Morgan fingerprint density at radius 3 is 2.31 bits per heavy atom. The molecule has 0 spiro atoms. The van der Waals surface area contributed by atoms with Crippen molar-refractivity contribution in [1.82, 2.24) is 0 Å². The number of primary amides is 1. The quantitative estimate of drug-likeness (QED) is 0.461. The van der Waals surface area contributed by atoms with Gasteiger partial charge in [0.05, 0.1) is 12.8 Å². The third-order valence-electron chi connectivity index (χ3n) is 4.37. The molecule has 0 atom stereocenters. The maximum absolute atomic E-state index is 13.0. The first kappa shape index (κ1) is 19.9. The van der Waals surface area contributed by atoms with Gasteiger partial charge in [0.1, 0.15) is 11.3 Å². The van der Waals surface area contributed by atoms with Crippen molar-refractivity contribution >= 4 is 29.4 Å². The molecule has 1 heterocycles. The van der Waals surface area contributed by atoms with Crippen molar-refractivity contribution in [3.8, 4) is 5.75 Å². The van der Waals surface area contributed by atoms with E-state index < -0.39 is 17.7 Å². The summed E-state index contributed by atoms with van der Waals surface area (Å²) in [5.41, 5.74) is 7.38. The van der Waals surface area contributed by atoms with Crippen LogP contribution < -0.4 is 15.4 Å². The molecule has 29 heavy (non-hydrogen) atoms. The number of hydrogen-bond donors (Lipinski definition) is 1. The number of carbonyl (C=O) groups excluding carboxylic acids is 3. The van der Waals surface area contributed by atoms with E-state index in [1.54, 1.807) is 42.2 Å². The Kier molecular flexibility index (Phi) is 5.78. The molecule has 0 fully saturated rings. The van der Waals surface area contributed by atoms with Crippen LogP contribution in [0.25, 0.3) is 6.08 Å².